The molecule has 0 radical (unpaired) electrons. The Hall–Kier alpha value is -4.39. The molecule has 1 aromatic carbocycles. The van der Waals surface area contributed by atoms with E-state index in [1.807, 2.05) is 47.9 Å². The van der Waals surface area contributed by atoms with Gasteiger partial charge in [-0.3, -0.25) is 9.59 Å². The van der Waals surface area contributed by atoms with Crippen LogP contribution in [-0.2, 0) is 24.0 Å². The summed E-state index contributed by atoms with van der Waals surface area (Å²) >= 11 is 1.59. The molecule has 3 heterocycles. The number of benzene rings is 1. The normalized spacial score (nSPS) is 28.5. The molecule has 5 atom stereocenters. The molecule has 1 unspecified atom stereocenters. The van der Waals surface area contributed by atoms with Crippen LogP contribution >= 0.6 is 11.3 Å². The minimum atomic E-state index is -1.42. The molecule has 262 valence electrons. The summed E-state index contributed by atoms with van der Waals surface area (Å²) < 4.78 is 11.0. The van der Waals surface area contributed by atoms with Crippen LogP contribution in [0.4, 0.5) is 4.79 Å². The van der Waals surface area contributed by atoms with Crippen molar-refractivity contribution in [2.24, 2.45) is 11.1 Å². The highest BCUT2D eigenvalue weighted by molar-refractivity contribution is 7.13. The van der Waals surface area contributed by atoms with Gasteiger partial charge in [0.15, 0.2) is 0 Å². The second kappa shape index (κ2) is 15.4. The van der Waals surface area contributed by atoms with Gasteiger partial charge >= 0.3 is 12.1 Å². The van der Waals surface area contributed by atoms with E-state index in [0.717, 1.165) is 60.9 Å². The molecule has 0 spiro atoms. The molecule has 3 amide bonds. The van der Waals surface area contributed by atoms with Crippen molar-refractivity contribution in [1.82, 2.24) is 15.5 Å². The van der Waals surface area contributed by atoms with Gasteiger partial charge in [-0.15, -0.1) is 11.3 Å². The van der Waals surface area contributed by atoms with Crippen molar-refractivity contribution in [2.75, 3.05) is 13.7 Å². The first-order valence-corrected chi connectivity index (χ1v) is 18.1. The summed E-state index contributed by atoms with van der Waals surface area (Å²) in [4.78, 5) is 61.8. The summed E-state index contributed by atoms with van der Waals surface area (Å²) in [7, 11) is 1.59. The third-order valence-electron chi connectivity index (χ3n) is 9.94. The number of nitrogens with zero attached hydrogens (tertiary/aromatic N) is 2. The molecule has 3 N–H and O–H groups in total. The molecule has 2 aliphatic carbocycles. The highest BCUT2D eigenvalue weighted by Crippen LogP contribution is 2.45. The summed E-state index contributed by atoms with van der Waals surface area (Å²) in [6.07, 6.45) is 11.4. The van der Waals surface area contributed by atoms with Gasteiger partial charge in [0.2, 0.25) is 11.8 Å². The Labute approximate surface area is 289 Å². The Kier molecular flexibility index (Phi) is 10.9. The highest BCUT2D eigenvalue weighted by atomic mass is 32.1. The van der Waals surface area contributed by atoms with E-state index in [9.17, 15) is 24.3 Å². The number of oxime groups is 1. The fourth-order valence-electron chi connectivity index (χ4n) is 7.08. The Morgan fingerprint density at radius 1 is 1.10 bits per heavy atom. The lowest BCUT2D eigenvalue weighted by molar-refractivity contribution is -0.145. The van der Waals surface area contributed by atoms with Gasteiger partial charge in [-0.1, -0.05) is 36.2 Å². The average molecular weight is 693 g/mol. The van der Waals surface area contributed by atoms with Gasteiger partial charge < -0.3 is 35.0 Å². The molecule has 2 aliphatic heterocycles. The molecule has 0 bridgehead atoms. The number of methoxy groups -OCH3 is 1. The lowest BCUT2D eigenvalue weighted by Gasteiger charge is -2.29. The van der Waals surface area contributed by atoms with Crippen molar-refractivity contribution in [3.8, 4) is 16.2 Å². The van der Waals surface area contributed by atoms with Crippen molar-refractivity contribution in [3.63, 3.8) is 0 Å². The summed E-state index contributed by atoms with van der Waals surface area (Å²) in [6.45, 7) is 0.0312. The number of rotatable bonds is 8. The second-order valence-corrected chi connectivity index (χ2v) is 14.2. The molecule has 4 aliphatic rings. The van der Waals surface area contributed by atoms with Crippen LogP contribution in [0.2, 0.25) is 0 Å². The van der Waals surface area contributed by atoms with Crippen LogP contribution in [0.25, 0.3) is 10.4 Å². The Morgan fingerprint density at radius 3 is 2.67 bits per heavy atom. The Balaban J connectivity index is 1.23. The van der Waals surface area contributed by atoms with Gasteiger partial charge in [0.25, 0.3) is 0 Å². The molecule has 1 saturated heterocycles. The molecular formula is C36H44N4O8S. The van der Waals surface area contributed by atoms with Crippen LogP contribution in [0, 0.1) is 5.92 Å². The predicted octanol–water partition coefficient (Wildman–Crippen LogP) is 5.26. The second-order valence-electron chi connectivity index (χ2n) is 13.3. The zero-order valence-electron chi connectivity index (χ0n) is 27.7. The molecule has 2 aromatic rings. The smallest absolute Gasteiger partial charge is 0.408 e. The number of carbonyl (C=O) groups is 4. The number of amides is 3. The van der Waals surface area contributed by atoms with Gasteiger partial charge in [0, 0.05) is 28.3 Å². The van der Waals surface area contributed by atoms with E-state index in [2.05, 4.69) is 15.8 Å². The number of fused-ring (bicyclic) bond motifs is 2. The van der Waals surface area contributed by atoms with Crippen LogP contribution in [-0.4, -0.2) is 83.6 Å². The number of allylic oxidation sites excluding steroid dienone is 1. The third-order valence-corrected chi connectivity index (χ3v) is 10.8. The first-order chi connectivity index (χ1) is 23.8. The maximum absolute atomic E-state index is 14.2. The average Bonchev–Trinajstić information content (AvgIpc) is 3.59. The van der Waals surface area contributed by atoms with Crippen molar-refractivity contribution < 1.29 is 38.6 Å². The van der Waals surface area contributed by atoms with Gasteiger partial charge in [-0.2, -0.15) is 0 Å². The number of ether oxygens (including phenoxy) is 2. The molecule has 3 fully saturated rings. The molecule has 12 nitrogen and oxygen atoms in total. The van der Waals surface area contributed by atoms with Crippen molar-refractivity contribution >= 4 is 41.4 Å². The van der Waals surface area contributed by atoms with Crippen molar-refractivity contribution in [3.05, 3.63) is 53.4 Å². The van der Waals surface area contributed by atoms with Gasteiger partial charge in [0.1, 0.15) is 35.6 Å². The lowest BCUT2D eigenvalue weighted by atomic mass is 10.0. The molecule has 2 saturated carbocycles. The maximum atomic E-state index is 14.2. The van der Waals surface area contributed by atoms with Crippen LogP contribution in [0.3, 0.4) is 0 Å². The van der Waals surface area contributed by atoms with E-state index in [-0.39, 0.29) is 31.4 Å². The number of hydrogen-bond donors (Lipinski definition) is 3. The number of carboxylic acids is 1. The fourth-order valence-corrected chi connectivity index (χ4v) is 7.85. The summed E-state index contributed by atoms with van der Waals surface area (Å²) in [5, 5.41) is 22.0. The molecule has 13 heteroatoms. The molecule has 1 aromatic heterocycles. The zero-order valence-corrected chi connectivity index (χ0v) is 28.5. The van der Waals surface area contributed by atoms with E-state index in [4.69, 9.17) is 14.3 Å². The Morgan fingerprint density at radius 2 is 1.92 bits per heavy atom. The minimum Gasteiger partial charge on any atom is -0.497 e. The first-order valence-electron chi connectivity index (χ1n) is 17.2. The number of carbonyl (C=O) groups excluding carboxylic acids is 3. The molecule has 49 heavy (non-hydrogen) atoms. The third kappa shape index (κ3) is 8.09. The standard InChI is InChI=1S/C36H44N4O8S/c1-46-26-15-16-28(31-14-9-17-49-31)23(18-26)21-37-48-27-19-30-32(41)39-36(34(43)44)20-24(36)10-5-3-2-4-6-13-29(33(42)40(30)22-27)38-35(45)47-25-11-7-8-12-25/h5,9-10,14-18,21,24-25,27,29-30H,2-4,6-8,11-13,19-20,22H2,1H3,(H,38,45)(H,39,41)(H,43,44)/b10-5-,37-21+/t24-,27-,29+,30+,36?/m1/s1. The quantitative estimate of drug-likeness (QED) is 0.192. The molecular weight excluding hydrogens is 648 g/mol. The summed E-state index contributed by atoms with van der Waals surface area (Å²) in [6, 6.07) is 7.71. The van der Waals surface area contributed by atoms with Crippen molar-refractivity contribution in [1.29, 1.82) is 0 Å². The van der Waals surface area contributed by atoms with E-state index in [1.165, 1.54) is 4.90 Å². The number of nitrogens with one attached hydrogen (secondary N) is 2. The van der Waals surface area contributed by atoms with E-state index in [1.54, 1.807) is 24.7 Å². The number of carboxylic acid groups (broad SMARTS) is 1. The van der Waals surface area contributed by atoms with E-state index < -0.39 is 47.6 Å². The van der Waals surface area contributed by atoms with Gasteiger partial charge in [-0.25, -0.2) is 9.59 Å². The number of hydrogen-bond acceptors (Lipinski definition) is 9. The van der Waals surface area contributed by atoms with E-state index in [0.29, 0.717) is 18.6 Å². The number of alkyl carbamates (subject to hydrolysis) is 1. The number of aliphatic carboxylic acids is 1. The van der Waals surface area contributed by atoms with Crippen LogP contribution in [0.15, 0.2) is 53.0 Å². The number of thiophene rings is 1. The largest absolute Gasteiger partial charge is 0.497 e. The first kappa shape index (κ1) is 34.5. The van der Waals surface area contributed by atoms with Crippen LogP contribution < -0.4 is 15.4 Å². The summed E-state index contributed by atoms with van der Waals surface area (Å²) in [5.41, 5.74) is 0.291. The minimum absolute atomic E-state index is 0.0312. The monoisotopic (exact) mass is 692 g/mol. The fraction of sp³-hybridized carbons (Fsp3) is 0.528. The predicted molar refractivity (Wildman–Crippen MR) is 183 cm³/mol. The SMILES string of the molecule is COc1ccc(-c2cccs2)c(/C=N/O[C@@H]2C[C@H]3C(=O)NC4(C(=O)O)C[C@H]4/C=C\CCCCC[C@H](NC(=O)OC4CCCC4)C(=O)N3C2)c1. The molecule has 6 rings (SSSR count). The Bertz CT molecular complexity index is 1570. The van der Waals surface area contributed by atoms with Gasteiger partial charge in [0.05, 0.1) is 19.9 Å². The zero-order chi connectivity index (χ0) is 34.4. The van der Waals surface area contributed by atoms with Crippen molar-refractivity contribution in [2.45, 2.75) is 100 Å². The van der Waals surface area contributed by atoms with Crippen LogP contribution in [0.1, 0.15) is 76.2 Å². The van der Waals surface area contributed by atoms with E-state index >= 15 is 0 Å². The maximum Gasteiger partial charge on any atom is 0.408 e. The van der Waals surface area contributed by atoms with Gasteiger partial charge in [-0.05, 0) is 81.0 Å². The highest BCUT2D eigenvalue weighted by Gasteiger charge is 2.61. The topological polar surface area (TPSA) is 156 Å². The lowest BCUT2D eigenvalue weighted by Crippen LogP contribution is -2.56. The summed E-state index contributed by atoms with van der Waals surface area (Å²) in [5.74, 6) is -1.79. The van der Waals surface area contributed by atoms with Crippen LogP contribution in [0.5, 0.6) is 5.75 Å².